The Morgan fingerprint density at radius 3 is 2.61 bits per heavy atom. The number of ether oxygens (including phenoxy) is 2. The minimum atomic E-state index is -4.42. The summed E-state index contributed by atoms with van der Waals surface area (Å²) in [7, 11) is 3.09. The van der Waals surface area contributed by atoms with Crippen LogP contribution < -0.4 is 20.1 Å². The Labute approximate surface area is 177 Å². The molecule has 1 aliphatic heterocycles. The lowest BCUT2D eigenvalue weighted by Crippen LogP contribution is -2.40. The molecule has 0 unspecified atom stereocenters. The van der Waals surface area contributed by atoms with Gasteiger partial charge in [0, 0.05) is 18.7 Å². The van der Waals surface area contributed by atoms with E-state index >= 15 is 0 Å². The number of benzene rings is 1. The Hall–Kier alpha value is -2.91. The number of alkyl halides is 3. The van der Waals surface area contributed by atoms with Crippen LogP contribution in [-0.4, -0.2) is 48.7 Å². The predicted octanol–water partition coefficient (Wildman–Crippen LogP) is 3.57. The zero-order valence-corrected chi connectivity index (χ0v) is 17.3. The van der Waals surface area contributed by atoms with E-state index in [0.717, 1.165) is 23.1 Å². The third-order valence-electron chi connectivity index (χ3n) is 5.79. The maximum absolute atomic E-state index is 13.6. The summed E-state index contributed by atoms with van der Waals surface area (Å²) in [5, 5.41) is 9.84. The SMILES string of the molecule is COc1ccc(CCNC(=O)c2cc3n(n2)[C@@H](C(F)(F)F)C[C@H](C2CC2)N3)cc1OC. The van der Waals surface area contributed by atoms with Crippen LogP contribution in [0.5, 0.6) is 11.5 Å². The maximum atomic E-state index is 13.6. The van der Waals surface area contributed by atoms with Crippen molar-refractivity contribution in [3.63, 3.8) is 0 Å². The lowest BCUT2D eigenvalue weighted by Gasteiger charge is -2.33. The second-order valence-corrected chi connectivity index (χ2v) is 7.94. The van der Waals surface area contributed by atoms with Crippen molar-refractivity contribution in [1.82, 2.24) is 15.1 Å². The number of rotatable bonds is 7. The highest BCUT2D eigenvalue weighted by molar-refractivity contribution is 5.93. The molecular weight excluding hydrogens is 413 g/mol. The summed E-state index contributed by atoms with van der Waals surface area (Å²) in [6, 6.07) is 4.89. The molecule has 0 saturated heterocycles. The topological polar surface area (TPSA) is 77.4 Å². The molecule has 2 heterocycles. The van der Waals surface area contributed by atoms with Crippen molar-refractivity contribution in [2.45, 2.75) is 43.9 Å². The summed E-state index contributed by atoms with van der Waals surface area (Å²) >= 11 is 0. The van der Waals surface area contributed by atoms with Crippen LogP contribution in [-0.2, 0) is 6.42 Å². The van der Waals surface area contributed by atoms with Gasteiger partial charge in [0.05, 0.1) is 14.2 Å². The molecule has 168 valence electrons. The van der Waals surface area contributed by atoms with Crippen LogP contribution in [0.3, 0.4) is 0 Å². The number of halogens is 3. The Kier molecular flexibility index (Phi) is 5.72. The van der Waals surface area contributed by atoms with E-state index in [1.54, 1.807) is 20.3 Å². The van der Waals surface area contributed by atoms with Crippen molar-refractivity contribution < 1.29 is 27.4 Å². The number of amides is 1. The standard InChI is InChI=1S/C21H25F3N4O3/c1-30-16-6-3-12(9-17(16)31-2)7-8-25-20(29)15-11-19-26-14(13-4-5-13)10-18(21(22,23)24)28(19)27-15/h3,6,9,11,13-14,18,26H,4-5,7-8,10H2,1-2H3,(H,25,29)/t14-,18-/m1/s1. The number of nitrogens with one attached hydrogen (secondary N) is 2. The molecule has 0 bridgehead atoms. The summed E-state index contributed by atoms with van der Waals surface area (Å²) in [4.78, 5) is 12.5. The molecule has 0 radical (unpaired) electrons. The van der Waals surface area contributed by atoms with E-state index < -0.39 is 18.1 Å². The number of carbonyl (C=O) groups excluding carboxylic acids is 1. The number of hydrogen-bond acceptors (Lipinski definition) is 5. The molecule has 2 atom stereocenters. The minimum absolute atomic E-state index is 0.0273. The van der Waals surface area contributed by atoms with Crippen molar-refractivity contribution >= 4 is 11.7 Å². The van der Waals surface area contributed by atoms with Gasteiger partial charge in [0.15, 0.2) is 23.2 Å². The molecule has 4 rings (SSSR count). The van der Waals surface area contributed by atoms with Crippen LogP contribution in [0, 0.1) is 5.92 Å². The number of fused-ring (bicyclic) bond motifs is 1. The second kappa shape index (κ2) is 8.32. The third-order valence-corrected chi connectivity index (χ3v) is 5.79. The molecular formula is C21H25F3N4O3. The van der Waals surface area contributed by atoms with E-state index in [1.165, 1.54) is 6.07 Å². The first-order valence-corrected chi connectivity index (χ1v) is 10.2. The summed E-state index contributed by atoms with van der Waals surface area (Å²) in [5.74, 6) is 1.19. The van der Waals surface area contributed by atoms with Gasteiger partial charge in [0.1, 0.15) is 5.82 Å². The number of methoxy groups -OCH3 is 2. The highest BCUT2D eigenvalue weighted by Gasteiger charge is 2.49. The van der Waals surface area contributed by atoms with Gasteiger partial charge in [-0.25, -0.2) is 4.68 Å². The Morgan fingerprint density at radius 1 is 1.23 bits per heavy atom. The molecule has 1 aromatic heterocycles. The molecule has 1 saturated carbocycles. The molecule has 1 aromatic carbocycles. The number of aromatic nitrogens is 2. The molecule has 2 aliphatic rings. The van der Waals surface area contributed by atoms with Crippen molar-refractivity contribution in [2.24, 2.45) is 5.92 Å². The van der Waals surface area contributed by atoms with Crippen LogP contribution in [0.1, 0.15) is 41.4 Å². The van der Waals surface area contributed by atoms with Gasteiger partial charge in [0.2, 0.25) is 0 Å². The van der Waals surface area contributed by atoms with E-state index in [9.17, 15) is 18.0 Å². The highest BCUT2D eigenvalue weighted by atomic mass is 19.4. The third kappa shape index (κ3) is 4.57. The molecule has 10 heteroatoms. The molecule has 1 fully saturated rings. The molecule has 2 aromatic rings. The van der Waals surface area contributed by atoms with Gasteiger partial charge in [-0.3, -0.25) is 4.79 Å². The van der Waals surface area contributed by atoms with Crippen LogP contribution >= 0.6 is 0 Å². The summed E-state index contributed by atoms with van der Waals surface area (Å²) in [6.45, 7) is 0.303. The number of anilines is 1. The van der Waals surface area contributed by atoms with Gasteiger partial charge < -0.3 is 20.1 Å². The predicted molar refractivity (Wildman–Crippen MR) is 108 cm³/mol. The van der Waals surface area contributed by atoms with E-state index in [-0.39, 0.29) is 29.9 Å². The van der Waals surface area contributed by atoms with E-state index in [2.05, 4.69) is 15.7 Å². The number of nitrogens with zero attached hydrogens (tertiary/aromatic N) is 2. The molecule has 7 nitrogen and oxygen atoms in total. The van der Waals surface area contributed by atoms with Gasteiger partial charge >= 0.3 is 6.18 Å². The molecule has 31 heavy (non-hydrogen) atoms. The Balaban J connectivity index is 1.42. The van der Waals surface area contributed by atoms with Crippen LogP contribution in [0.4, 0.5) is 19.0 Å². The van der Waals surface area contributed by atoms with Gasteiger partial charge in [-0.05, 0) is 49.3 Å². The average molecular weight is 438 g/mol. The fourth-order valence-electron chi connectivity index (χ4n) is 3.97. The van der Waals surface area contributed by atoms with Gasteiger partial charge in [-0.2, -0.15) is 18.3 Å². The molecule has 1 amide bonds. The first kappa shape index (κ1) is 21.3. The lowest BCUT2D eigenvalue weighted by atomic mass is 10.0. The molecule has 2 N–H and O–H groups in total. The fourth-order valence-corrected chi connectivity index (χ4v) is 3.97. The number of hydrogen-bond donors (Lipinski definition) is 2. The van der Waals surface area contributed by atoms with Crippen LogP contribution in [0.15, 0.2) is 24.3 Å². The van der Waals surface area contributed by atoms with Gasteiger partial charge in [-0.15, -0.1) is 0 Å². The van der Waals surface area contributed by atoms with Crippen LogP contribution in [0.25, 0.3) is 0 Å². The number of carbonyl (C=O) groups is 1. The van der Waals surface area contributed by atoms with Crippen molar-refractivity contribution in [1.29, 1.82) is 0 Å². The smallest absolute Gasteiger partial charge is 0.410 e. The summed E-state index contributed by atoms with van der Waals surface area (Å²) < 4.78 is 52.1. The van der Waals surface area contributed by atoms with E-state index in [0.29, 0.717) is 24.5 Å². The Bertz CT molecular complexity index is 956. The zero-order chi connectivity index (χ0) is 22.2. The van der Waals surface area contributed by atoms with Crippen molar-refractivity contribution in [3.8, 4) is 11.5 Å². The summed E-state index contributed by atoms with van der Waals surface area (Å²) in [6.07, 6.45) is -2.10. The summed E-state index contributed by atoms with van der Waals surface area (Å²) in [5.41, 5.74) is 0.897. The fraction of sp³-hybridized carbons (Fsp3) is 0.524. The van der Waals surface area contributed by atoms with Crippen molar-refractivity contribution in [3.05, 3.63) is 35.5 Å². The Morgan fingerprint density at radius 2 is 1.97 bits per heavy atom. The molecule has 0 spiro atoms. The quantitative estimate of drug-likeness (QED) is 0.691. The molecule has 1 aliphatic carbocycles. The monoisotopic (exact) mass is 438 g/mol. The van der Waals surface area contributed by atoms with Gasteiger partial charge in [-0.1, -0.05) is 6.07 Å². The zero-order valence-electron chi connectivity index (χ0n) is 17.3. The van der Waals surface area contributed by atoms with E-state index in [4.69, 9.17) is 9.47 Å². The highest BCUT2D eigenvalue weighted by Crippen LogP contribution is 2.45. The van der Waals surface area contributed by atoms with Crippen molar-refractivity contribution in [2.75, 3.05) is 26.1 Å². The van der Waals surface area contributed by atoms with Crippen LogP contribution in [0.2, 0.25) is 0 Å². The van der Waals surface area contributed by atoms with Gasteiger partial charge in [0.25, 0.3) is 5.91 Å². The largest absolute Gasteiger partial charge is 0.493 e. The van der Waals surface area contributed by atoms with E-state index in [1.807, 2.05) is 12.1 Å². The normalized spacial score (nSPS) is 20.5. The maximum Gasteiger partial charge on any atom is 0.410 e. The second-order valence-electron chi connectivity index (χ2n) is 7.94. The first-order valence-electron chi connectivity index (χ1n) is 10.2. The minimum Gasteiger partial charge on any atom is -0.493 e. The lowest BCUT2D eigenvalue weighted by molar-refractivity contribution is -0.174. The first-order chi connectivity index (χ1) is 14.8. The average Bonchev–Trinajstić information content (AvgIpc) is 3.50.